The molecule has 0 radical (unpaired) electrons. The molecule has 1 atom stereocenters. The van der Waals surface area contributed by atoms with E-state index in [4.69, 9.17) is 4.74 Å². The second-order valence-corrected chi connectivity index (χ2v) is 3.83. The summed E-state index contributed by atoms with van der Waals surface area (Å²) >= 11 is 0. The van der Waals surface area contributed by atoms with Gasteiger partial charge in [0, 0.05) is 6.54 Å². The average molecular weight is 265 g/mol. The lowest BCUT2D eigenvalue weighted by Crippen LogP contribution is -2.22. The lowest BCUT2D eigenvalue weighted by molar-refractivity contribution is -0.149. The number of halogens is 4. The highest BCUT2D eigenvalue weighted by molar-refractivity contribution is 5.19. The molecule has 0 aromatic heterocycles. The van der Waals surface area contributed by atoms with Gasteiger partial charge in [-0.3, -0.25) is 0 Å². The van der Waals surface area contributed by atoms with E-state index in [2.05, 4.69) is 5.32 Å². The Morgan fingerprint density at radius 3 is 2.33 bits per heavy atom. The molecule has 2 nitrogen and oxygen atoms in total. The van der Waals surface area contributed by atoms with Gasteiger partial charge in [0.15, 0.2) is 0 Å². The second kappa shape index (κ2) is 6.70. The Bertz CT molecular complexity index is 350. The van der Waals surface area contributed by atoms with Gasteiger partial charge in [0.05, 0.1) is 19.1 Å². The molecule has 1 N–H and O–H groups in total. The molecule has 0 heterocycles. The van der Waals surface area contributed by atoms with Crippen LogP contribution in [0.15, 0.2) is 24.3 Å². The zero-order valence-electron chi connectivity index (χ0n) is 9.93. The van der Waals surface area contributed by atoms with Crippen LogP contribution in [0.25, 0.3) is 0 Å². The van der Waals surface area contributed by atoms with Crippen molar-refractivity contribution in [2.75, 3.05) is 20.2 Å². The van der Waals surface area contributed by atoms with Gasteiger partial charge in [-0.25, -0.2) is 4.39 Å². The quantitative estimate of drug-likeness (QED) is 0.798. The van der Waals surface area contributed by atoms with Crippen LogP contribution in [0.1, 0.15) is 18.1 Å². The molecular weight excluding hydrogens is 250 g/mol. The largest absolute Gasteiger partial charge is 0.391 e. The van der Waals surface area contributed by atoms with Gasteiger partial charge in [0.25, 0.3) is 0 Å². The van der Waals surface area contributed by atoms with Gasteiger partial charge in [0.2, 0.25) is 0 Å². The van der Waals surface area contributed by atoms with Crippen molar-refractivity contribution in [1.29, 1.82) is 0 Å². The number of rotatable bonds is 6. The molecule has 0 saturated carbocycles. The minimum atomic E-state index is -4.23. The zero-order chi connectivity index (χ0) is 13.6. The van der Waals surface area contributed by atoms with Crippen LogP contribution in [0.4, 0.5) is 17.6 Å². The standard InChI is InChI=1S/C12H15F4NO/c1-17-8-11(18-7-6-12(14,15)16)9-2-4-10(13)5-3-9/h2-5,11,17H,6-8H2,1H3. The number of likely N-dealkylation sites (N-methyl/N-ethyl adjacent to an activating group) is 1. The third-order valence-corrected chi connectivity index (χ3v) is 2.34. The van der Waals surface area contributed by atoms with E-state index in [0.29, 0.717) is 12.1 Å². The molecule has 0 bridgehead atoms. The van der Waals surface area contributed by atoms with Crippen LogP contribution in [-0.2, 0) is 4.74 Å². The summed E-state index contributed by atoms with van der Waals surface area (Å²) in [6, 6.07) is 5.52. The molecule has 18 heavy (non-hydrogen) atoms. The topological polar surface area (TPSA) is 21.3 Å². The first-order valence-electron chi connectivity index (χ1n) is 5.51. The van der Waals surface area contributed by atoms with Gasteiger partial charge < -0.3 is 10.1 Å². The zero-order valence-corrected chi connectivity index (χ0v) is 9.93. The first-order chi connectivity index (χ1) is 8.42. The number of hydrogen-bond donors (Lipinski definition) is 1. The van der Waals surface area contributed by atoms with E-state index < -0.39 is 31.1 Å². The van der Waals surface area contributed by atoms with Gasteiger partial charge >= 0.3 is 6.18 Å². The maximum atomic E-state index is 12.7. The maximum Gasteiger partial charge on any atom is 0.391 e. The van der Waals surface area contributed by atoms with E-state index in [1.54, 1.807) is 7.05 Å². The molecule has 1 unspecified atom stereocenters. The molecule has 0 aliphatic carbocycles. The Morgan fingerprint density at radius 1 is 1.22 bits per heavy atom. The Morgan fingerprint density at radius 2 is 1.83 bits per heavy atom. The number of benzene rings is 1. The van der Waals surface area contributed by atoms with E-state index in [1.165, 1.54) is 24.3 Å². The van der Waals surface area contributed by atoms with Crippen molar-refractivity contribution in [2.24, 2.45) is 0 Å². The average Bonchev–Trinajstić information content (AvgIpc) is 2.27. The van der Waals surface area contributed by atoms with Crippen LogP contribution < -0.4 is 5.32 Å². The third-order valence-electron chi connectivity index (χ3n) is 2.34. The molecule has 0 amide bonds. The van der Waals surface area contributed by atoms with E-state index in [9.17, 15) is 17.6 Å². The van der Waals surface area contributed by atoms with Gasteiger partial charge in [0.1, 0.15) is 5.82 Å². The molecule has 0 spiro atoms. The van der Waals surface area contributed by atoms with Crippen LogP contribution in [0.2, 0.25) is 0 Å². The number of alkyl halides is 3. The molecule has 0 fully saturated rings. The summed E-state index contributed by atoms with van der Waals surface area (Å²) in [5.41, 5.74) is 0.646. The molecule has 1 aromatic rings. The van der Waals surface area contributed by atoms with Gasteiger partial charge in [-0.15, -0.1) is 0 Å². The molecule has 1 rings (SSSR count). The normalized spacial score (nSPS) is 13.6. The molecule has 0 aliphatic heterocycles. The maximum absolute atomic E-state index is 12.7. The molecule has 102 valence electrons. The molecular formula is C12H15F4NO. The smallest absolute Gasteiger partial charge is 0.372 e. The summed E-state index contributed by atoms with van der Waals surface area (Å²) in [5.74, 6) is -0.391. The van der Waals surface area contributed by atoms with Crippen molar-refractivity contribution in [1.82, 2.24) is 5.32 Å². The number of ether oxygens (including phenoxy) is 1. The van der Waals surface area contributed by atoms with Gasteiger partial charge in [-0.2, -0.15) is 13.2 Å². The molecule has 6 heteroatoms. The summed E-state index contributed by atoms with van der Waals surface area (Å²) in [7, 11) is 1.67. The predicted octanol–water partition coefficient (Wildman–Crippen LogP) is 3.06. The Hall–Kier alpha value is -1.14. The van der Waals surface area contributed by atoms with E-state index in [-0.39, 0.29) is 0 Å². The highest BCUT2D eigenvalue weighted by Crippen LogP contribution is 2.22. The predicted molar refractivity (Wildman–Crippen MR) is 59.7 cm³/mol. The fourth-order valence-electron chi connectivity index (χ4n) is 1.45. The van der Waals surface area contributed by atoms with Crippen molar-refractivity contribution in [3.63, 3.8) is 0 Å². The van der Waals surface area contributed by atoms with E-state index in [0.717, 1.165) is 0 Å². The first kappa shape index (κ1) is 14.9. The van der Waals surface area contributed by atoms with Crippen molar-refractivity contribution >= 4 is 0 Å². The Labute approximate surface area is 103 Å². The van der Waals surface area contributed by atoms with Gasteiger partial charge in [-0.05, 0) is 24.7 Å². The highest BCUT2D eigenvalue weighted by Gasteiger charge is 2.27. The third kappa shape index (κ3) is 5.46. The Kier molecular flexibility index (Phi) is 5.55. The fourth-order valence-corrected chi connectivity index (χ4v) is 1.45. The lowest BCUT2D eigenvalue weighted by atomic mass is 10.1. The van der Waals surface area contributed by atoms with Crippen LogP contribution in [0.3, 0.4) is 0 Å². The molecule has 1 aromatic carbocycles. The summed E-state index contributed by atoms with van der Waals surface area (Å²) in [6.45, 7) is -0.0449. The van der Waals surface area contributed by atoms with Crippen LogP contribution in [-0.4, -0.2) is 26.4 Å². The van der Waals surface area contributed by atoms with Crippen LogP contribution >= 0.6 is 0 Å². The van der Waals surface area contributed by atoms with Crippen molar-refractivity contribution < 1.29 is 22.3 Å². The molecule has 0 saturated heterocycles. The van der Waals surface area contributed by atoms with Crippen molar-refractivity contribution in [3.8, 4) is 0 Å². The summed E-state index contributed by atoms with van der Waals surface area (Å²) < 4.78 is 53.9. The van der Waals surface area contributed by atoms with E-state index >= 15 is 0 Å². The molecule has 0 aliphatic rings. The monoisotopic (exact) mass is 265 g/mol. The summed E-state index contributed by atoms with van der Waals surface area (Å²) in [5, 5.41) is 2.83. The fraction of sp³-hybridized carbons (Fsp3) is 0.500. The van der Waals surface area contributed by atoms with Crippen molar-refractivity contribution in [3.05, 3.63) is 35.6 Å². The summed E-state index contributed by atoms with van der Waals surface area (Å²) in [6.07, 6.45) is -5.74. The van der Waals surface area contributed by atoms with Crippen molar-refractivity contribution in [2.45, 2.75) is 18.7 Å². The number of nitrogens with one attached hydrogen (secondary N) is 1. The number of hydrogen-bond acceptors (Lipinski definition) is 2. The van der Waals surface area contributed by atoms with Crippen LogP contribution in [0, 0.1) is 5.82 Å². The van der Waals surface area contributed by atoms with Gasteiger partial charge in [-0.1, -0.05) is 12.1 Å². The highest BCUT2D eigenvalue weighted by atomic mass is 19.4. The summed E-state index contributed by atoms with van der Waals surface area (Å²) in [4.78, 5) is 0. The second-order valence-electron chi connectivity index (χ2n) is 3.83. The minimum Gasteiger partial charge on any atom is -0.372 e. The SMILES string of the molecule is CNCC(OCCC(F)(F)F)c1ccc(F)cc1. The van der Waals surface area contributed by atoms with E-state index in [1.807, 2.05) is 0 Å². The first-order valence-corrected chi connectivity index (χ1v) is 5.51. The Balaban J connectivity index is 2.57. The lowest BCUT2D eigenvalue weighted by Gasteiger charge is -2.18. The minimum absolute atomic E-state index is 0.365. The van der Waals surface area contributed by atoms with Crippen LogP contribution in [0.5, 0.6) is 0 Å².